The molecule has 0 atom stereocenters. The standard InChI is InChI=1S/C18H21NO3/c1-3-15-6-5-7-18(14-15)22-17-10-8-16(9-11-17)20-13-12-19-21-4-2/h5-12,14H,3-4,13H2,1-2H3/b19-12+. The molecule has 4 heteroatoms. The summed E-state index contributed by atoms with van der Waals surface area (Å²) in [5.74, 6) is 2.39. The van der Waals surface area contributed by atoms with Crippen molar-refractivity contribution >= 4 is 6.21 Å². The Labute approximate surface area is 131 Å². The molecule has 2 rings (SSSR count). The molecule has 4 nitrogen and oxygen atoms in total. The summed E-state index contributed by atoms with van der Waals surface area (Å²) >= 11 is 0. The van der Waals surface area contributed by atoms with Crippen molar-refractivity contribution in [2.45, 2.75) is 20.3 Å². The first-order valence-electron chi connectivity index (χ1n) is 7.45. The summed E-state index contributed by atoms with van der Waals surface area (Å²) in [4.78, 5) is 4.85. The molecule has 0 heterocycles. The molecule has 0 saturated heterocycles. The number of hydrogen-bond acceptors (Lipinski definition) is 4. The van der Waals surface area contributed by atoms with E-state index in [2.05, 4.69) is 24.2 Å². The van der Waals surface area contributed by atoms with Gasteiger partial charge in [0.15, 0.2) is 0 Å². The van der Waals surface area contributed by atoms with E-state index in [1.807, 2.05) is 43.3 Å². The van der Waals surface area contributed by atoms with Gasteiger partial charge in [-0.05, 0) is 55.3 Å². The number of rotatable bonds is 8. The molecule has 0 amide bonds. The Balaban J connectivity index is 1.88. The molecular weight excluding hydrogens is 278 g/mol. The molecule has 0 fully saturated rings. The largest absolute Gasteiger partial charge is 0.488 e. The minimum Gasteiger partial charge on any atom is -0.488 e. The van der Waals surface area contributed by atoms with Crippen LogP contribution in [0.4, 0.5) is 0 Å². The minimum atomic E-state index is 0.374. The van der Waals surface area contributed by atoms with Gasteiger partial charge in [0, 0.05) is 0 Å². The van der Waals surface area contributed by atoms with Gasteiger partial charge >= 0.3 is 0 Å². The summed E-state index contributed by atoms with van der Waals surface area (Å²) < 4.78 is 11.3. The molecule has 0 aromatic heterocycles. The highest BCUT2D eigenvalue weighted by Gasteiger charge is 1.99. The van der Waals surface area contributed by atoms with Crippen molar-refractivity contribution in [2.24, 2.45) is 5.16 Å². The molecule has 0 N–H and O–H groups in total. The van der Waals surface area contributed by atoms with Crippen LogP contribution in [0.3, 0.4) is 0 Å². The van der Waals surface area contributed by atoms with E-state index in [-0.39, 0.29) is 0 Å². The molecule has 22 heavy (non-hydrogen) atoms. The zero-order valence-electron chi connectivity index (χ0n) is 13.0. The Hall–Kier alpha value is -2.49. The third kappa shape index (κ3) is 5.13. The topological polar surface area (TPSA) is 40.0 Å². The summed E-state index contributed by atoms with van der Waals surface area (Å²) in [7, 11) is 0. The molecule has 0 aliphatic carbocycles. The lowest BCUT2D eigenvalue weighted by molar-refractivity contribution is 0.158. The van der Waals surface area contributed by atoms with Gasteiger partial charge in [-0.15, -0.1) is 0 Å². The van der Waals surface area contributed by atoms with Crippen LogP contribution >= 0.6 is 0 Å². The van der Waals surface area contributed by atoms with Gasteiger partial charge in [-0.25, -0.2) is 0 Å². The van der Waals surface area contributed by atoms with Crippen molar-refractivity contribution in [3.05, 3.63) is 54.1 Å². The Morgan fingerprint density at radius 1 is 0.955 bits per heavy atom. The van der Waals surface area contributed by atoms with Crippen LogP contribution in [-0.4, -0.2) is 19.4 Å². The van der Waals surface area contributed by atoms with Crippen LogP contribution in [0.2, 0.25) is 0 Å². The smallest absolute Gasteiger partial charge is 0.127 e. The average Bonchev–Trinajstić information content (AvgIpc) is 2.56. The van der Waals surface area contributed by atoms with Crippen molar-refractivity contribution < 1.29 is 14.3 Å². The van der Waals surface area contributed by atoms with E-state index >= 15 is 0 Å². The molecule has 0 aliphatic heterocycles. The second kappa shape index (κ2) is 8.72. The first-order valence-corrected chi connectivity index (χ1v) is 7.45. The number of oxime groups is 1. The fourth-order valence-corrected chi connectivity index (χ4v) is 1.86. The van der Waals surface area contributed by atoms with Gasteiger partial charge in [0.2, 0.25) is 0 Å². The molecule has 2 aromatic carbocycles. The fraction of sp³-hybridized carbons (Fsp3) is 0.278. The molecule has 0 aliphatic rings. The fourth-order valence-electron chi connectivity index (χ4n) is 1.86. The van der Waals surface area contributed by atoms with Gasteiger partial charge in [0.1, 0.15) is 30.5 Å². The third-order valence-corrected chi connectivity index (χ3v) is 2.97. The molecule has 0 spiro atoms. The van der Waals surface area contributed by atoms with Crippen LogP contribution < -0.4 is 9.47 Å². The second-order valence-corrected chi connectivity index (χ2v) is 4.59. The van der Waals surface area contributed by atoms with Crippen molar-refractivity contribution in [2.75, 3.05) is 13.2 Å². The molecular formula is C18H21NO3. The van der Waals surface area contributed by atoms with E-state index in [1.54, 1.807) is 6.21 Å². The average molecular weight is 299 g/mol. The maximum absolute atomic E-state index is 5.83. The molecule has 0 saturated carbocycles. The monoisotopic (exact) mass is 299 g/mol. The number of ether oxygens (including phenoxy) is 2. The molecule has 0 unspecified atom stereocenters. The Bertz CT molecular complexity index is 594. The molecule has 0 bridgehead atoms. The zero-order valence-corrected chi connectivity index (χ0v) is 13.0. The zero-order chi connectivity index (χ0) is 15.6. The van der Waals surface area contributed by atoms with Gasteiger partial charge in [0.25, 0.3) is 0 Å². The van der Waals surface area contributed by atoms with E-state index in [4.69, 9.17) is 14.3 Å². The first kappa shape index (κ1) is 15.9. The third-order valence-electron chi connectivity index (χ3n) is 2.97. The number of nitrogens with zero attached hydrogens (tertiary/aromatic N) is 1. The minimum absolute atomic E-state index is 0.374. The van der Waals surface area contributed by atoms with Crippen molar-refractivity contribution in [3.63, 3.8) is 0 Å². The van der Waals surface area contributed by atoms with Crippen LogP contribution in [0.5, 0.6) is 17.2 Å². The molecule has 116 valence electrons. The number of aryl methyl sites for hydroxylation is 1. The quantitative estimate of drug-likeness (QED) is 0.534. The summed E-state index contributed by atoms with van der Waals surface area (Å²) in [6.07, 6.45) is 2.58. The first-order chi connectivity index (χ1) is 10.8. The predicted octanol–water partition coefficient (Wildman–Crippen LogP) is 4.44. The lowest BCUT2D eigenvalue weighted by atomic mass is 10.2. The highest BCUT2D eigenvalue weighted by Crippen LogP contribution is 2.24. The van der Waals surface area contributed by atoms with Gasteiger partial charge < -0.3 is 14.3 Å². The summed E-state index contributed by atoms with van der Waals surface area (Å²) in [5.41, 5.74) is 1.26. The normalized spacial score (nSPS) is 10.6. The molecule has 2 aromatic rings. The predicted molar refractivity (Wildman–Crippen MR) is 87.9 cm³/mol. The molecule has 0 radical (unpaired) electrons. The lowest BCUT2D eigenvalue weighted by Crippen LogP contribution is -1.98. The van der Waals surface area contributed by atoms with Crippen LogP contribution in [0.25, 0.3) is 0 Å². The highest BCUT2D eigenvalue weighted by atomic mass is 16.6. The van der Waals surface area contributed by atoms with Gasteiger partial charge in [0.05, 0.1) is 6.21 Å². The van der Waals surface area contributed by atoms with Crippen LogP contribution in [0.1, 0.15) is 19.4 Å². The van der Waals surface area contributed by atoms with E-state index in [0.29, 0.717) is 13.2 Å². The van der Waals surface area contributed by atoms with Crippen molar-refractivity contribution in [1.29, 1.82) is 0 Å². The summed E-state index contributed by atoms with van der Waals surface area (Å²) in [6.45, 7) is 4.94. The van der Waals surface area contributed by atoms with Crippen molar-refractivity contribution in [1.82, 2.24) is 0 Å². The van der Waals surface area contributed by atoms with Crippen LogP contribution in [0, 0.1) is 0 Å². The van der Waals surface area contributed by atoms with E-state index in [9.17, 15) is 0 Å². The maximum Gasteiger partial charge on any atom is 0.127 e. The SMILES string of the molecule is CCO/N=C/COc1ccc(Oc2cccc(CC)c2)cc1. The summed E-state index contributed by atoms with van der Waals surface area (Å²) in [6, 6.07) is 15.6. The number of hydrogen-bond donors (Lipinski definition) is 0. The van der Waals surface area contributed by atoms with E-state index < -0.39 is 0 Å². The van der Waals surface area contributed by atoms with Crippen LogP contribution in [-0.2, 0) is 11.3 Å². The van der Waals surface area contributed by atoms with Gasteiger partial charge in [-0.3, -0.25) is 0 Å². The van der Waals surface area contributed by atoms with Crippen LogP contribution in [0.15, 0.2) is 53.7 Å². The van der Waals surface area contributed by atoms with E-state index in [1.165, 1.54) is 5.56 Å². The summed E-state index contributed by atoms with van der Waals surface area (Å²) in [5, 5.41) is 3.72. The lowest BCUT2D eigenvalue weighted by Gasteiger charge is -2.08. The highest BCUT2D eigenvalue weighted by molar-refractivity contribution is 5.58. The Morgan fingerprint density at radius 3 is 2.45 bits per heavy atom. The Kier molecular flexibility index (Phi) is 6.30. The Morgan fingerprint density at radius 2 is 1.73 bits per heavy atom. The number of benzene rings is 2. The second-order valence-electron chi connectivity index (χ2n) is 4.59. The van der Waals surface area contributed by atoms with Crippen molar-refractivity contribution in [3.8, 4) is 17.2 Å². The van der Waals surface area contributed by atoms with Gasteiger partial charge in [-0.1, -0.05) is 24.2 Å². The van der Waals surface area contributed by atoms with Gasteiger partial charge in [-0.2, -0.15) is 0 Å². The maximum atomic E-state index is 5.83. The van der Waals surface area contributed by atoms with E-state index in [0.717, 1.165) is 23.7 Å².